The lowest BCUT2D eigenvalue weighted by atomic mass is 10.3. The van der Waals surface area contributed by atoms with E-state index >= 15 is 0 Å². The Labute approximate surface area is 59.1 Å². The predicted octanol–water partition coefficient (Wildman–Crippen LogP) is 0.828. The van der Waals surface area contributed by atoms with Gasteiger partial charge in [0.1, 0.15) is 5.54 Å². The summed E-state index contributed by atoms with van der Waals surface area (Å²) in [5.74, 6) is 0. The summed E-state index contributed by atoms with van der Waals surface area (Å²) >= 11 is 5.29. The van der Waals surface area contributed by atoms with Crippen molar-refractivity contribution in [2.75, 3.05) is 0 Å². The summed E-state index contributed by atoms with van der Waals surface area (Å²) in [6.45, 7) is 5.41. The highest BCUT2D eigenvalue weighted by atomic mass is 35.5. The molecule has 0 atom stereocenters. The summed E-state index contributed by atoms with van der Waals surface area (Å²) < 4.78 is 0. The first-order chi connectivity index (χ1) is 4.33. The Kier molecular flexibility index (Phi) is 1.84. The van der Waals surface area contributed by atoms with Crippen LogP contribution in [0.3, 0.4) is 0 Å². The van der Waals surface area contributed by atoms with Gasteiger partial charge in [-0.05, 0) is 0 Å². The van der Waals surface area contributed by atoms with Gasteiger partial charge < -0.3 is 0 Å². The second kappa shape index (κ2) is 2.63. The standard InChI is InChI=1S/C8H5Cl/c1-7-2-4-8(6-9)5-3-7/h1-5H. The van der Waals surface area contributed by atoms with E-state index in [1.165, 1.54) is 0 Å². The van der Waals surface area contributed by atoms with Gasteiger partial charge in [0.15, 0.2) is 5.22 Å². The number of rotatable bonds is 0. The molecular weight excluding hydrogens is 132 g/mol. The second-order valence-electron chi connectivity index (χ2n) is 1.72. The van der Waals surface area contributed by atoms with Crippen LogP contribution in [0, 0.1) is 0 Å². The van der Waals surface area contributed by atoms with Crippen molar-refractivity contribution in [2.24, 2.45) is 0 Å². The molecule has 0 aromatic heterocycles. The molecule has 0 saturated carbocycles. The third kappa shape index (κ3) is 1.53. The van der Waals surface area contributed by atoms with E-state index in [0.717, 1.165) is 10.4 Å². The molecule has 9 heavy (non-hydrogen) atoms. The van der Waals surface area contributed by atoms with Crippen LogP contribution in [0.25, 0.3) is 12.1 Å². The molecule has 0 amide bonds. The Morgan fingerprint density at radius 2 is 1.78 bits per heavy atom. The van der Waals surface area contributed by atoms with E-state index in [1.807, 2.05) is 12.1 Å². The fourth-order valence-corrected chi connectivity index (χ4v) is 0.672. The van der Waals surface area contributed by atoms with Gasteiger partial charge in [0.25, 0.3) is 0 Å². The molecule has 1 heteroatoms. The first-order valence-corrected chi connectivity index (χ1v) is 2.93. The quantitative estimate of drug-likeness (QED) is 0.464. The van der Waals surface area contributed by atoms with Crippen LogP contribution in [-0.4, -0.2) is 0 Å². The maximum atomic E-state index is 5.41. The molecule has 0 nitrogen and oxygen atoms in total. The first kappa shape index (κ1) is 6.28. The molecule has 0 bridgehead atoms. The maximum absolute atomic E-state index is 5.41. The molecule has 1 aromatic carbocycles. The van der Waals surface area contributed by atoms with Crippen molar-refractivity contribution in [3.8, 4) is 0 Å². The molecule has 0 fully saturated rings. The smallest absolute Gasteiger partial charge is 0.177 e. The van der Waals surface area contributed by atoms with Gasteiger partial charge in [-0.2, -0.15) is 5.22 Å². The Balaban J connectivity index is 3.34. The molecule has 0 radical (unpaired) electrons. The summed E-state index contributed by atoms with van der Waals surface area (Å²) in [5, 5.41) is 1.59. The molecule has 0 N–H and O–H groups in total. The zero-order valence-corrected chi connectivity index (χ0v) is 5.52. The summed E-state index contributed by atoms with van der Waals surface area (Å²) in [7, 11) is 0. The minimum absolute atomic E-state index is 0.741. The second-order valence-corrected chi connectivity index (χ2v) is 1.91. The van der Waals surface area contributed by atoms with Crippen molar-refractivity contribution in [1.29, 1.82) is 0 Å². The highest BCUT2D eigenvalue weighted by Crippen LogP contribution is 1.73. The summed E-state index contributed by atoms with van der Waals surface area (Å²) in [6, 6.07) is 7.18. The van der Waals surface area contributed by atoms with Crippen molar-refractivity contribution in [3.05, 3.63) is 34.7 Å². The minimum atomic E-state index is 0.741. The monoisotopic (exact) mass is 136 g/mol. The molecule has 44 valence electrons. The van der Waals surface area contributed by atoms with Gasteiger partial charge in [-0.3, -0.25) is 0 Å². The van der Waals surface area contributed by atoms with Crippen molar-refractivity contribution >= 4 is 23.7 Å². The largest absolute Gasteiger partial charge is 0.217 e. The summed E-state index contributed by atoms with van der Waals surface area (Å²) in [5.41, 5.74) is 2.47. The van der Waals surface area contributed by atoms with Gasteiger partial charge in [-0.25, -0.2) is 6.58 Å². The summed E-state index contributed by atoms with van der Waals surface area (Å²) in [6.07, 6.45) is 0. The van der Waals surface area contributed by atoms with Crippen LogP contribution in [0.2, 0.25) is 0 Å². The molecule has 0 aliphatic rings. The Morgan fingerprint density at radius 3 is 2.22 bits per heavy atom. The molecule has 0 spiro atoms. The van der Waals surface area contributed by atoms with E-state index in [9.17, 15) is 0 Å². The zero-order chi connectivity index (χ0) is 6.69. The van der Waals surface area contributed by atoms with Crippen LogP contribution in [0.1, 0.15) is 0 Å². The van der Waals surface area contributed by atoms with E-state index in [1.54, 1.807) is 12.1 Å². The van der Waals surface area contributed by atoms with E-state index in [0.29, 0.717) is 0 Å². The van der Waals surface area contributed by atoms with Crippen molar-refractivity contribution in [3.63, 3.8) is 0 Å². The average Bonchev–Trinajstić information content (AvgIpc) is 1.90. The minimum Gasteiger partial charge on any atom is -0.217 e. The highest BCUT2D eigenvalue weighted by molar-refractivity contribution is 6.38. The van der Waals surface area contributed by atoms with E-state index in [4.69, 9.17) is 18.2 Å². The van der Waals surface area contributed by atoms with Crippen molar-refractivity contribution in [2.45, 2.75) is 0 Å². The van der Waals surface area contributed by atoms with E-state index in [2.05, 4.69) is 5.54 Å². The highest BCUT2D eigenvalue weighted by Gasteiger charge is 1.79. The number of hydrogen-bond acceptors (Lipinski definition) is 0. The van der Waals surface area contributed by atoms with Gasteiger partial charge in [-0.1, -0.05) is 0 Å². The Hall–Kier alpha value is -0.840. The average molecular weight is 137 g/mol. The van der Waals surface area contributed by atoms with Crippen LogP contribution in [0.5, 0.6) is 0 Å². The van der Waals surface area contributed by atoms with Crippen molar-refractivity contribution < 1.29 is 0 Å². The molecule has 0 aliphatic carbocycles. The molecule has 1 rings (SSSR count). The van der Waals surface area contributed by atoms with Crippen LogP contribution in [0.4, 0.5) is 0 Å². The van der Waals surface area contributed by atoms with Crippen molar-refractivity contribution in [1.82, 2.24) is 0 Å². The predicted molar refractivity (Wildman–Crippen MR) is 39.4 cm³/mol. The molecule has 1 aromatic rings. The lowest BCUT2D eigenvalue weighted by molar-refractivity contribution is 1.57. The normalized spacial score (nSPS) is 8.56. The Bertz CT molecular complexity index is 264. The van der Waals surface area contributed by atoms with Crippen LogP contribution in [0.15, 0.2) is 24.3 Å². The SMILES string of the molecule is [CH-]=c1ccc(=[C+]Cl)cc1. The van der Waals surface area contributed by atoms with Gasteiger partial charge in [0.2, 0.25) is 0 Å². The molecule has 0 saturated heterocycles. The third-order valence-corrected chi connectivity index (χ3v) is 1.24. The lowest BCUT2D eigenvalue weighted by Crippen LogP contribution is -2.03. The van der Waals surface area contributed by atoms with Gasteiger partial charge in [-0.15, -0.1) is 12.1 Å². The number of halogens is 1. The van der Waals surface area contributed by atoms with Crippen LogP contribution < -0.4 is 10.4 Å². The first-order valence-electron chi connectivity index (χ1n) is 2.55. The molecule has 0 unspecified atom stereocenters. The fourth-order valence-electron chi connectivity index (χ4n) is 0.546. The van der Waals surface area contributed by atoms with E-state index < -0.39 is 0 Å². The Morgan fingerprint density at radius 1 is 1.22 bits per heavy atom. The number of benzene rings is 1. The van der Waals surface area contributed by atoms with Crippen LogP contribution in [-0.2, 0) is 0 Å². The van der Waals surface area contributed by atoms with Crippen LogP contribution >= 0.6 is 11.6 Å². The van der Waals surface area contributed by atoms with Gasteiger partial charge >= 0.3 is 0 Å². The molecule has 0 heterocycles. The fraction of sp³-hybridized carbons (Fsp3) is 0. The van der Waals surface area contributed by atoms with Gasteiger partial charge in [0.05, 0.1) is 11.6 Å². The summed E-state index contributed by atoms with van der Waals surface area (Å²) in [4.78, 5) is 0. The molecule has 0 aliphatic heterocycles. The maximum Gasteiger partial charge on any atom is 0.177 e. The topological polar surface area (TPSA) is 0 Å². The lowest BCUT2D eigenvalue weighted by Gasteiger charge is -1.80. The van der Waals surface area contributed by atoms with Gasteiger partial charge in [0, 0.05) is 12.1 Å². The number of hydrogen-bond donors (Lipinski definition) is 0. The zero-order valence-electron chi connectivity index (χ0n) is 4.76. The third-order valence-electron chi connectivity index (χ3n) is 1.02. The molecular formula is C8H5Cl. The van der Waals surface area contributed by atoms with E-state index in [-0.39, 0.29) is 0 Å².